The van der Waals surface area contributed by atoms with E-state index in [1.807, 2.05) is 20.8 Å². The summed E-state index contributed by atoms with van der Waals surface area (Å²) in [7, 11) is 0. The van der Waals surface area contributed by atoms with Crippen molar-refractivity contribution in [1.82, 2.24) is 5.32 Å². The molecule has 19 heavy (non-hydrogen) atoms. The number of fused-ring (bicyclic) bond motifs is 1. The largest absolute Gasteiger partial charge is 0.417 e. The standard InChI is InChI=1S/C14H14FNO3/c1-14(2,3)16-12(17)11-7-8-6-9(15)4-5-10(8)13(18)19-11/h4-7H,1-3H3,(H,16,17). The maximum absolute atomic E-state index is 13.1. The van der Waals surface area contributed by atoms with Gasteiger partial charge in [-0.1, -0.05) is 0 Å². The van der Waals surface area contributed by atoms with E-state index >= 15 is 0 Å². The quantitative estimate of drug-likeness (QED) is 0.859. The van der Waals surface area contributed by atoms with Crippen LogP contribution in [0.1, 0.15) is 31.3 Å². The third-order valence-electron chi connectivity index (χ3n) is 2.44. The number of carbonyl (C=O) groups is 1. The maximum Gasteiger partial charge on any atom is 0.344 e. The number of halogens is 1. The molecule has 1 aromatic carbocycles. The highest BCUT2D eigenvalue weighted by Gasteiger charge is 2.18. The number of rotatable bonds is 1. The monoisotopic (exact) mass is 263 g/mol. The van der Waals surface area contributed by atoms with Gasteiger partial charge in [-0.05, 0) is 50.4 Å². The zero-order chi connectivity index (χ0) is 14.2. The van der Waals surface area contributed by atoms with Crippen LogP contribution >= 0.6 is 0 Å². The van der Waals surface area contributed by atoms with Gasteiger partial charge in [0.25, 0.3) is 5.91 Å². The average Bonchev–Trinajstić information content (AvgIpc) is 2.25. The summed E-state index contributed by atoms with van der Waals surface area (Å²) < 4.78 is 18.1. The summed E-state index contributed by atoms with van der Waals surface area (Å²) in [5, 5.41) is 3.26. The molecule has 1 aromatic heterocycles. The Hall–Kier alpha value is -2.17. The molecular formula is C14H14FNO3. The molecule has 0 fully saturated rings. The second-order valence-corrected chi connectivity index (χ2v) is 5.33. The first kappa shape index (κ1) is 13.3. The topological polar surface area (TPSA) is 59.3 Å². The summed E-state index contributed by atoms with van der Waals surface area (Å²) in [6.45, 7) is 5.43. The van der Waals surface area contributed by atoms with Gasteiger partial charge >= 0.3 is 5.63 Å². The Morgan fingerprint density at radius 3 is 2.58 bits per heavy atom. The van der Waals surface area contributed by atoms with Gasteiger partial charge in [-0.25, -0.2) is 9.18 Å². The molecule has 0 saturated carbocycles. The van der Waals surface area contributed by atoms with Crippen LogP contribution in [0.4, 0.5) is 4.39 Å². The first-order chi connectivity index (χ1) is 8.76. The zero-order valence-corrected chi connectivity index (χ0v) is 10.9. The molecule has 0 aliphatic rings. The van der Waals surface area contributed by atoms with Crippen LogP contribution in [-0.4, -0.2) is 11.4 Å². The lowest BCUT2D eigenvalue weighted by atomic mass is 10.1. The molecular weight excluding hydrogens is 249 g/mol. The summed E-state index contributed by atoms with van der Waals surface area (Å²) in [4.78, 5) is 23.6. The summed E-state index contributed by atoms with van der Waals surface area (Å²) in [5.41, 5.74) is -1.11. The highest BCUT2D eigenvalue weighted by molar-refractivity contribution is 5.95. The van der Waals surface area contributed by atoms with Crippen molar-refractivity contribution in [3.63, 3.8) is 0 Å². The Kier molecular flexibility index (Phi) is 3.14. The molecule has 0 radical (unpaired) electrons. The molecule has 1 heterocycles. The van der Waals surface area contributed by atoms with E-state index in [4.69, 9.17) is 4.42 Å². The Morgan fingerprint density at radius 2 is 1.95 bits per heavy atom. The lowest BCUT2D eigenvalue weighted by molar-refractivity contribution is 0.0887. The summed E-state index contributed by atoms with van der Waals surface area (Å²) in [6, 6.07) is 5.07. The van der Waals surface area contributed by atoms with Crippen LogP contribution in [-0.2, 0) is 0 Å². The lowest BCUT2D eigenvalue weighted by Gasteiger charge is -2.19. The fourth-order valence-electron chi connectivity index (χ4n) is 1.68. The fraction of sp³-hybridized carbons (Fsp3) is 0.286. The van der Waals surface area contributed by atoms with Gasteiger partial charge in [-0.3, -0.25) is 4.79 Å². The molecule has 0 aliphatic carbocycles. The Labute approximate surface area is 109 Å². The lowest BCUT2D eigenvalue weighted by Crippen LogP contribution is -2.40. The Balaban J connectivity index is 2.51. The Morgan fingerprint density at radius 1 is 1.26 bits per heavy atom. The molecule has 0 atom stereocenters. The molecule has 0 bridgehead atoms. The van der Waals surface area contributed by atoms with E-state index < -0.39 is 22.9 Å². The summed E-state index contributed by atoms with van der Waals surface area (Å²) in [5.74, 6) is -1.10. The average molecular weight is 263 g/mol. The fourth-order valence-corrected chi connectivity index (χ4v) is 1.68. The van der Waals surface area contributed by atoms with Gasteiger partial charge in [-0.15, -0.1) is 0 Å². The van der Waals surface area contributed by atoms with Gasteiger partial charge in [0.05, 0.1) is 5.39 Å². The van der Waals surface area contributed by atoms with Crippen molar-refractivity contribution in [3.05, 3.63) is 46.3 Å². The minimum absolute atomic E-state index is 0.127. The first-order valence-corrected chi connectivity index (χ1v) is 5.82. The van der Waals surface area contributed by atoms with Crippen LogP contribution in [0, 0.1) is 5.82 Å². The molecule has 0 aliphatic heterocycles. The predicted octanol–water partition coefficient (Wildman–Crippen LogP) is 2.46. The van der Waals surface area contributed by atoms with Crippen LogP contribution < -0.4 is 10.9 Å². The number of benzene rings is 1. The molecule has 5 heteroatoms. The van der Waals surface area contributed by atoms with Gasteiger partial charge in [0.1, 0.15) is 5.82 Å². The van der Waals surface area contributed by atoms with E-state index in [1.165, 1.54) is 24.3 Å². The van der Waals surface area contributed by atoms with Crippen LogP contribution in [0.2, 0.25) is 0 Å². The molecule has 1 N–H and O–H groups in total. The SMILES string of the molecule is CC(C)(C)NC(=O)c1cc2cc(F)ccc2c(=O)o1. The second-order valence-electron chi connectivity index (χ2n) is 5.33. The molecule has 2 aromatic rings. The van der Waals surface area contributed by atoms with Gasteiger partial charge in [0, 0.05) is 5.54 Å². The number of amides is 1. The van der Waals surface area contributed by atoms with Crippen molar-refractivity contribution in [2.45, 2.75) is 26.3 Å². The second kappa shape index (κ2) is 4.50. The smallest absolute Gasteiger partial charge is 0.344 e. The van der Waals surface area contributed by atoms with E-state index in [9.17, 15) is 14.0 Å². The van der Waals surface area contributed by atoms with Gasteiger partial charge < -0.3 is 9.73 Å². The first-order valence-electron chi connectivity index (χ1n) is 5.82. The van der Waals surface area contributed by atoms with Gasteiger partial charge in [0.2, 0.25) is 0 Å². The minimum atomic E-state index is -0.656. The molecule has 1 amide bonds. The van der Waals surface area contributed by atoms with Crippen molar-refractivity contribution in [2.24, 2.45) is 0 Å². The third-order valence-corrected chi connectivity index (χ3v) is 2.44. The van der Waals surface area contributed by atoms with Crippen molar-refractivity contribution >= 4 is 16.7 Å². The molecule has 0 unspecified atom stereocenters. The van der Waals surface area contributed by atoms with E-state index in [0.29, 0.717) is 5.39 Å². The van der Waals surface area contributed by atoms with Crippen molar-refractivity contribution in [1.29, 1.82) is 0 Å². The molecule has 2 rings (SSSR count). The highest BCUT2D eigenvalue weighted by Crippen LogP contribution is 2.14. The van der Waals surface area contributed by atoms with Crippen molar-refractivity contribution < 1.29 is 13.6 Å². The summed E-state index contributed by atoms with van der Waals surface area (Å²) >= 11 is 0. The van der Waals surface area contributed by atoms with Crippen molar-refractivity contribution in [3.8, 4) is 0 Å². The van der Waals surface area contributed by atoms with Gasteiger partial charge in [-0.2, -0.15) is 0 Å². The molecule has 100 valence electrons. The van der Waals surface area contributed by atoms with Crippen LogP contribution in [0.15, 0.2) is 33.5 Å². The van der Waals surface area contributed by atoms with E-state index in [1.54, 1.807) is 0 Å². The van der Waals surface area contributed by atoms with Gasteiger partial charge in [0.15, 0.2) is 5.76 Å². The molecule has 4 nitrogen and oxygen atoms in total. The third kappa shape index (κ3) is 2.99. The number of hydrogen-bond donors (Lipinski definition) is 1. The molecule has 0 spiro atoms. The molecule has 0 saturated heterocycles. The number of carbonyl (C=O) groups excluding carboxylic acids is 1. The number of hydrogen-bond acceptors (Lipinski definition) is 3. The van der Waals surface area contributed by atoms with Crippen LogP contribution in [0.3, 0.4) is 0 Å². The zero-order valence-electron chi connectivity index (χ0n) is 10.9. The normalized spacial score (nSPS) is 11.6. The van der Waals surface area contributed by atoms with E-state index in [0.717, 1.165) is 0 Å². The Bertz CT molecular complexity index is 698. The van der Waals surface area contributed by atoms with E-state index in [-0.39, 0.29) is 11.1 Å². The minimum Gasteiger partial charge on any atom is -0.417 e. The van der Waals surface area contributed by atoms with Crippen LogP contribution in [0.5, 0.6) is 0 Å². The number of nitrogens with one attached hydrogen (secondary N) is 1. The van der Waals surface area contributed by atoms with Crippen molar-refractivity contribution in [2.75, 3.05) is 0 Å². The van der Waals surface area contributed by atoms with Crippen LogP contribution in [0.25, 0.3) is 10.8 Å². The highest BCUT2D eigenvalue weighted by atomic mass is 19.1. The van der Waals surface area contributed by atoms with E-state index in [2.05, 4.69) is 5.32 Å². The predicted molar refractivity (Wildman–Crippen MR) is 69.7 cm³/mol. The maximum atomic E-state index is 13.1. The summed E-state index contributed by atoms with van der Waals surface area (Å²) in [6.07, 6.45) is 0.